The number of anilines is 1. The average Bonchev–Trinajstić information content (AvgIpc) is 2.34. The van der Waals surface area contributed by atoms with Gasteiger partial charge in [0.2, 0.25) is 0 Å². The lowest BCUT2D eigenvalue weighted by atomic mass is 10.1. The number of piperidine rings is 1. The second-order valence-electron chi connectivity index (χ2n) is 4.61. The second kappa shape index (κ2) is 5.87. The summed E-state index contributed by atoms with van der Waals surface area (Å²) >= 11 is 11.4. The summed E-state index contributed by atoms with van der Waals surface area (Å²) < 4.78 is 0. The fraction of sp³-hybridized carbons (Fsp3) is 0.462. The Morgan fingerprint density at radius 1 is 1.44 bits per heavy atom. The SMILES string of the molecule is Cc1ccc(NC(=S)N2CCC(O)CC2)cc1Cl. The molecule has 0 radical (unpaired) electrons. The van der Waals surface area contributed by atoms with E-state index in [1.54, 1.807) is 0 Å². The first-order valence-corrected chi connectivity index (χ1v) is 6.85. The Kier molecular flexibility index (Phi) is 4.43. The number of nitrogens with one attached hydrogen (secondary N) is 1. The number of thiocarbonyl (C=S) groups is 1. The number of hydrogen-bond donors (Lipinski definition) is 2. The van der Waals surface area contributed by atoms with E-state index in [4.69, 9.17) is 23.8 Å². The molecule has 3 nitrogen and oxygen atoms in total. The van der Waals surface area contributed by atoms with Crippen LogP contribution >= 0.6 is 23.8 Å². The first kappa shape index (κ1) is 13.6. The zero-order chi connectivity index (χ0) is 13.1. The molecule has 1 aromatic carbocycles. The van der Waals surface area contributed by atoms with Crippen molar-refractivity contribution in [3.8, 4) is 0 Å². The third-order valence-corrected chi connectivity index (χ3v) is 3.94. The zero-order valence-electron chi connectivity index (χ0n) is 10.3. The fourth-order valence-corrected chi connectivity index (χ4v) is 2.42. The summed E-state index contributed by atoms with van der Waals surface area (Å²) in [6.45, 7) is 3.57. The van der Waals surface area contributed by atoms with E-state index >= 15 is 0 Å². The van der Waals surface area contributed by atoms with E-state index in [9.17, 15) is 5.11 Å². The molecular weight excluding hydrogens is 268 g/mol. The van der Waals surface area contributed by atoms with Gasteiger partial charge in [-0.2, -0.15) is 0 Å². The standard InChI is InChI=1S/C13H17ClN2OS/c1-9-2-3-10(8-12(9)14)15-13(18)16-6-4-11(17)5-7-16/h2-3,8,11,17H,4-7H2,1H3,(H,15,18). The van der Waals surface area contributed by atoms with Crippen molar-refractivity contribution in [2.75, 3.05) is 18.4 Å². The minimum Gasteiger partial charge on any atom is -0.393 e. The Morgan fingerprint density at radius 2 is 2.11 bits per heavy atom. The van der Waals surface area contributed by atoms with Gasteiger partial charge in [0.05, 0.1) is 6.10 Å². The number of rotatable bonds is 1. The molecule has 0 bridgehead atoms. The number of likely N-dealkylation sites (tertiary alicyclic amines) is 1. The first-order valence-electron chi connectivity index (χ1n) is 6.06. The molecule has 1 saturated heterocycles. The smallest absolute Gasteiger partial charge is 0.173 e. The minimum atomic E-state index is -0.183. The van der Waals surface area contributed by atoms with Crippen molar-refractivity contribution in [3.63, 3.8) is 0 Å². The summed E-state index contributed by atoms with van der Waals surface area (Å²) in [7, 11) is 0. The van der Waals surface area contributed by atoms with Gasteiger partial charge in [0.1, 0.15) is 0 Å². The van der Waals surface area contributed by atoms with E-state index in [2.05, 4.69) is 10.2 Å². The van der Waals surface area contributed by atoms with Crippen LogP contribution in [0, 0.1) is 6.92 Å². The van der Waals surface area contributed by atoms with E-state index in [-0.39, 0.29) is 6.10 Å². The Labute approximate surface area is 118 Å². The topological polar surface area (TPSA) is 35.5 Å². The molecule has 0 aliphatic carbocycles. The lowest BCUT2D eigenvalue weighted by molar-refractivity contribution is 0.110. The van der Waals surface area contributed by atoms with E-state index in [0.717, 1.165) is 42.2 Å². The van der Waals surface area contributed by atoms with E-state index in [1.165, 1.54) is 0 Å². The lowest BCUT2D eigenvalue weighted by Gasteiger charge is -2.31. The van der Waals surface area contributed by atoms with Gasteiger partial charge in [-0.1, -0.05) is 17.7 Å². The predicted octanol–water partition coefficient (Wildman–Crippen LogP) is 2.80. The summed E-state index contributed by atoms with van der Waals surface area (Å²) in [6, 6.07) is 5.81. The number of hydrogen-bond acceptors (Lipinski definition) is 2. The average molecular weight is 285 g/mol. The molecule has 1 heterocycles. The van der Waals surface area contributed by atoms with Crippen LogP contribution in [0.4, 0.5) is 5.69 Å². The number of nitrogens with zero attached hydrogens (tertiary/aromatic N) is 1. The van der Waals surface area contributed by atoms with Gasteiger partial charge in [-0.3, -0.25) is 0 Å². The molecule has 1 fully saturated rings. The third-order valence-electron chi connectivity index (χ3n) is 3.17. The van der Waals surface area contributed by atoms with Crippen LogP contribution < -0.4 is 5.32 Å². The minimum absolute atomic E-state index is 0.183. The van der Waals surface area contributed by atoms with Gasteiger partial charge >= 0.3 is 0 Å². The van der Waals surface area contributed by atoms with Crippen molar-refractivity contribution in [2.45, 2.75) is 25.9 Å². The van der Waals surface area contributed by atoms with Gasteiger partial charge in [-0.05, 0) is 49.7 Å². The fourth-order valence-electron chi connectivity index (χ4n) is 1.94. The summed E-state index contributed by atoms with van der Waals surface area (Å²) in [4.78, 5) is 2.08. The highest BCUT2D eigenvalue weighted by molar-refractivity contribution is 7.80. The number of aliphatic hydroxyl groups is 1. The van der Waals surface area contributed by atoms with E-state index in [0.29, 0.717) is 5.11 Å². The number of aryl methyl sites for hydroxylation is 1. The van der Waals surface area contributed by atoms with Crippen molar-refractivity contribution in [1.82, 2.24) is 4.90 Å². The highest BCUT2D eigenvalue weighted by Gasteiger charge is 2.18. The van der Waals surface area contributed by atoms with Crippen LogP contribution in [-0.2, 0) is 0 Å². The van der Waals surface area contributed by atoms with Crippen LogP contribution in [0.2, 0.25) is 5.02 Å². The van der Waals surface area contributed by atoms with Crippen molar-refractivity contribution < 1.29 is 5.11 Å². The van der Waals surface area contributed by atoms with Gasteiger partial charge in [0, 0.05) is 23.8 Å². The molecule has 2 rings (SSSR count). The molecule has 0 saturated carbocycles. The van der Waals surface area contributed by atoms with E-state index in [1.807, 2.05) is 25.1 Å². The number of aliphatic hydroxyl groups excluding tert-OH is 1. The van der Waals surface area contributed by atoms with Crippen LogP contribution in [0.25, 0.3) is 0 Å². The lowest BCUT2D eigenvalue weighted by Crippen LogP contribution is -2.42. The predicted molar refractivity (Wildman–Crippen MR) is 79.2 cm³/mol. The van der Waals surface area contributed by atoms with Crippen LogP contribution in [0.1, 0.15) is 18.4 Å². The molecule has 98 valence electrons. The molecule has 0 aromatic heterocycles. The quantitative estimate of drug-likeness (QED) is 0.778. The molecule has 5 heteroatoms. The van der Waals surface area contributed by atoms with Crippen molar-refractivity contribution in [1.29, 1.82) is 0 Å². The van der Waals surface area contributed by atoms with Gasteiger partial charge < -0.3 is 15.3 Å². The Bertz CT molecular complexity index is 445. The summed E-state index contributed by atoms with van der Waals surface area (Å²) in [5, 5.41) is 14.1. The van der Waals surface area contributed by atoms with Crippen molar-refractivity contribution in [3.05, 3.63) is 28.8 Å². The summed E-state index contributed by atoms with van der Waals surface area (Å²) in [5.74, 6) is 0. The molecule has 0 atom stereocenters. The maximum Gasteiger partial charge on any atom is 0.173 e. The van der Waals surface area contributed by atoms with Crippen LogP contribution in [0.15, 0.2) is 18.2 Å². The molecule has 1 aromatic rings. The van der Waals surface area contributed by atoms with Crippen LogP contribution in [0.5, 0.6) is 0 Å². The van der Waals surface area contributed by atoms with Crippen molar-refractivity contribution >= 4 is 34.6 Å². The monoisotopic (exact) mass is 284 g/mol. The normalized spacial score (nSPS) is 16.7. The molecule has 1 aliphatic rings. The molecule has 2 N–H and O–H groups in total. The molecule has 1 aliphatic heterocycles. The number of halogens is 1. The number of benzene rings is 1. The maximum atomic E-state index is 9.46. The molecular formula is C13H17ClN2OS. The van der Waals surface area contributed by atoms with Crippen molar-refractivity contribution in [2.24, 2.45) is 0 Å². The Morgan fingerprint density at radius 3 is 2.72 bits per heavy atom. The molecule has 0 unspecified atom stereocenters. The van der Waals surface area contributed by atoms with Gasteiger partial charge in [0.25, 0.3) is 0 Å². The highest BCUT2D eigenvalue weighted by Crippen LogP contribution is 2.20. The maximum absolute atomic E-state index is 9.46. The molecule has 0 spiro atoms. The van der Waals surface area contributed by atoms with Gasteiger partial charge in [-0.25, -0.2) is 0 Å². The summed E-state index contributed by atoms with van der Waals surface area (Å²) in [5.41, 5.74) is 1.95. The molecule has 0 amide bonds. The largest absolute Gasteiger partial charge is 0.393 e. The Hall–Kier alpha value is -0.840. The third kappa shape index (κ3) is 3.34. The summed E-state index contributed by atoms with van der Waals surface area (Å²) in [6.07, 6.45) is 1.37. The van der Waals surface area contributed by atoms with Gasteiger partial charge in [0.15, 0.2) is 5.11 Å². The van der Waals surface area contributed by atoms with Crippen LogP contribution in [-0.4, -0.2) is 34.3 Å². The zero-order valence-corrected chi connectivity index (χ0v) is 11.9. The van der Waals surface area contributed by atoms with Crippen LogP contribution in [0.3, 0.4) is 0 Å². The Balaban J connectivity index is 1.96. The van der Waals surface area contributed by atoms with E-state index < -0.39 is 0 Å². The molecule has 18 heavy (non-hydrogen) atoms. The van der Waals surface area contributed by atoms with Gasteiger partial charge in [-0.15, -0.1) is 0 Å². The second-order valence-corrected chi connectivity index (χ2v) is 5.41. The highest BCUT2D eigenvalue weighted by atomic mass is 35.5. The first-order chi connectivity index (χ1) is 8.56.